The van der Waals surface area contributed by atoms with Gasteiger partial charge in [-0.1, -0.05) is 18.6 Å². The van der Waals surface area contributed by atoms with Crippen LogP contribution in [-0.2, 0) is 5.41 Å². The maximum Gasteiger partial charge on any atom is 0.180 e. The van der Waals surface area contributed by atoms with Gasteiger partial charge in [0.05, 0.1) is 12.8 Å². The van der Waals surface area contributed by atoms with Crippen LogP contribution in [0.1, 0.15) is 30.5 Å². The molecule has 0 spiro atoms. The van der Waals surface area contributed by atoms with Crippen LogP contribution in [0.15, 0.2) is 29.6 Å². The van der Waals surface area contributed by atoms with Crippen molar-refractivity contribution in [3.63, 3.8) is 0 Å². The van der Waals surface area contributed by atoms with Gasteiger partial charge in [0.25, 0.3) is 0 Å². The van der Waals surface area contributed by atoms with Crippen molar-refractivity contribution < 1.29 is 4.74 Å². The highest BCUT2D eigenvalue weighted by molar-refractivity contribution is 7.13. The maximum absolute atomic E-state index is 5.77. The standard InChI is InChI=1S/C14H16N2OS/c1-17-11-5-3-10(4-6-11)14(7-2-8-14)12-9-18-13(15)16-12/h3-6,9H,2,7-8H2,1H3,(H2,15,16). The zero-order valence-corrected chi connectivity index (χ0v) is 11.2. The highest BCUT2D eigenvalue weighted by atomic mass is 32.1. The van der Waals surface area contributed by atoms with E-state index in [4.69, 9.17) is 10.5 Å². The summed E-state index contributed by atoms with van der Waals surface area (Å²) < 4.78 is 5.21. The van der Waals surface area contributed by atoms with Gasteiger partial charge in [-0.25, -0.2) is 4.98 Å². The van der Waals surface area contributed by atoms with Gasteiger partial charge in [0, 0.05) is 10.8 Å². The Bertz CT molecular complexity index is 543. The van der Waals surface area contributed by atoms with Crippen molar-refractivity contribution in [2.75, 3.05) is 12.8 Å². The van der Waals surface area contributed by atoms with Crippen molar-refractivity contribution in [3.8, 4) is 5.75 Å². The van der Waals surface area contributed by atoms with Crippen molar-refractivity contribution in [1.29, 1.82) is 0 Å². The molecule has 1 aliphatic carbocycles. The van der Waals surface area contributed by atoms with Crippen LogP contribution in [0, 0.1) is 0 Å². The molecule has 18 heavy (non-hydrogen) atoms. The van der Waals surface area contributed by atoms with Crippen molar-refractivity contribution in [1.82, 2.24) is 4.98 Å². The molecule has 1 heterocycles. The van der Waals surface area contributed by atoms with Crippen molar-refractivity contribution >= 4 is 16.5 Å². The number of methoxy groups -OCH3 is 1. The SMILES string of the molecule is COc1ccc(C2(c3csc(N)n3)CCC2)cc1. The summed E-state index contributed by atoms with van der Waals surface area (Å²) in [4.78, 5) is 4.49. The highest BCUT2D eigenvalue weighted by Gasteiger charge is 2.42. The lowest BCUT2D eigenvalue weighted by atomic mass is 9.63. The van der Waals surface area contributed by atoms with Crippen LogP contribution in [0.5, 0.6) is 5.75 Å². The molecule has 4 heteroatoms. The van der Waals surface area contributed by atoms with Crippen LogP contribution in [0.2, 0.25) is 0 Å². The van der Waals surface area contributed by atoms with Gasteiger partial charge in [-0.15, -0.1) is 11.3 Å². The molecule has 0 amide bonds. The van der Waals surface area contributed by atoms with Gasteiger partial charge in [-0.05, 0) is 30.5 Å². The van der Waals surface area contributed by atoms with E-state index < -0.39 is 0 Å². The predicted octanol–water partition coefficient (Wildman–Crippen LogP) is 3.20. The number of hydrogen-bond acceptors (Lipinski definition) is 4. The lowest BCUT2D eigenvalue weighted by molar-refractivity contribution is 0.295. The number of nitrogen functional groups attached to an aromatic ring is 1. The first-order chi connectivity index (χ1) is 8.74. The minimum Gasteiger partial charge on any atom is -0.497 e. The Balaban J connectivity index is 2.00. The Morgan fingerprint density at radius 2 is 2.00 bits per heavy atom. The van der Waals surface area contributed by atoms with Crippen LogP contribution >= 0.6 is 11.3 Å². The van der Waals surface area contributed by atoms with Gasteiger partial charge in [0.2, 0.25) is 0 Å². The number of benzene rings is 1. The number of nitrogens with two attached hydrogens (primary N) is 1. The van der Waals surface area contributed by atoms with E-state index in [1.165, 1.54) is 23.3 Å². The second-order valence-corrected chi connectivity index (χ2v) is 5.62. The molecule has 3 rings (SSSR count). The summed E-state index contributed by atoms with van der Waals surface area (Å²) in [7, 11) is 1.69. The Labute approximate surface area is 111 Å². The van der Waals surface area contributed by atoms with Crippen molar-refractivity contribution in [2.24, 2.45) is 0 Å². The van der Waals surface area contributed by atoms with Crippen molar-refractivity contribution in [3.05, 3.63) is 40.9 Å². The third-order valence-electron chi connectivity index (χ3n) is 3.86. The highest BCUT2D eigenvalue weighted by Crippen LogP contribution is 2.49. The van der Waals surface area contributed by atoms with Crippen LogP contribution in [0.25, 0.3) is 0 Å². The summed E-state index contributed by atoms with van der Waals surface area (Å²) in [5, 5.41) is 2.75. The largest absolute Gasteiger partial charge is 0.497 e. The molecule has 1 aromatic heterocycles. The van der Waals surface area contributed by atoms with Gasteiger partial charge in [-0.3, -0.25) is 0 Å². The molecular formula is C14H16N2OS. The molecule has 0 bridgehead atoms. The summed E-state index contributed by atoms with van der Waals surface area (Å²) in [6, 6.07) is 8.33. The second kappa shape index (κ2) is 4.28. The Hall–Kier alpha value is -1.55. The fourth-order valence-electron chi connectivity index (χ4n) is 2.64. The van der Waals surface area contributed by atoms with E-state index in [9.17, 15) is 0 Å². The quantitative estimate of drug-likeness (QED) is 0.922. The smallest absolute Gasteiger partial charge is 0.180 e. The molecule has 0 aliphatic heterocycles. The third-order valence-corrected chi connectivity index (χ3v) is 4.54. The predicted molar refractivity (Wildman–Crippen MR) is 74.2 cm³/mol. The van der Waals surface area contributed by atoms with Crippen LogP contribution in [-0.4, -0.2) is 12.1 Å². The summed E-state index contributed by atoms with van der Waals surface area (Å²) in [5.74, 6) is 0.894. The van der Waals surface area contributed by atoms with Gasteiger partial charge in [0.1, 0.15) is 5.75 Å². The topological polar surface area (TPSA) is 48.1 Å². The summed E-state index contributed by atoms with van der Waals surface area (Å²) >= 11 is 1.52. The Kier molecular flexibility index (Phi) is 2.74. The molecule has 3 nitrogen and oxygen atoms in total. The molecule has 0 unspecified atom stereocenters. The zero-order valence-electron chi connectivity index (χ0n) is 10.3. The fraction of sp³-hybridized carbons (Fsp3) is 0.357. The minimum atomic E-state index is 0.0837. The van der Waals surface area contributed by atoms with E-state index in [1.807, 2.05) is 12.1 Å². The van der Waals surface area contributed by atoms with Gasteiger partial charge < -0.3 is 10.5 Å². The number of thiazole rings is 1. The average Bonchev–Trinajstić information content (AvgIpc) is 2.76. The maximum atomic E-state index is 5.77. The second-order valence-electron chi connectivity index (χ2n) is 4.74. The number of hydrogen-bond donors (Lipinski definition) is 1. The molecule has 1 fully saturated rings. The summed E-state index contributed by atoms with van der Waals surface area (Å²) in [6.07, 6.45) is 3.56. The molecule has 94 valence electrons. The number of anilines is 1. The van der Waals surface area contributed by atoms with E-state index in [0.717, 1.165) is 24.3 Å². The molecule has 1 aromatic carbocycles. The molecule has 1 aliphatic rings. The molecule has 2 aromatic rings. The minimum absolute atomic E-state index is 0.0837. The van der Waals surface area contributed by atoms with E-state index >= 15 is 0 Å². The Morgan fingerprint density at radius 3 is 2.44 bits per heavy atom. The van der Waals surface area contributed by atoms with Gasteiger partial charge >= 0.3 is 0 Å². The van der Waals surface area contributed by atoms with E-state index in [1.54, 1.807) is 7.11 Å². The third kappa shape index (κ3) is 1.68. The number of rotatable bonds is 3. The van der Waals surface area contributed by atoms with E-state index in [-0.39, 0.29) is 5.41 Å². The van der Waals surface area contributed by atoms with E-state index in [0.29, 0.717) is 5.13 Å². The molecule has 1 saturated carbocycles. The lowest BCUT2D eigenvalue weighted by Gasteiger charge is -2.41. The number of ether oxygens (including phenoxy) is 1. The number of nitrogens with zero attached hydrogens (tertiary/aromatic N) is 1. The van der Waals surface area contributed by atoms with Crippen LogP contribution in [0.3, 0.4) is 0 Å². The first-order valence-corrected chi connectivity index (χ1v) is 6.98. The molecule has 0 saturated heterocycles. The first-order valence-electron chi connectivity index (χ1n) is 6.11. The van der Waals surface area contributed by atoms with Gasteiger partial charge in [-0.2, -0.15) is 0 Å². The monoisotopic (exact) mass is 260 g/mol. The first kappa shape index (κ1) is 11.5. The van der Waals surface area contributed by atoms with E-state index in [2.05, 4.69) is 22.5 Å². The molecule has 0 radical (unpaired) electrons. The molecule has 0 atom stereocenters. The summed E-state index contributed by atoms with van der Waals surface area (Å²) in [6.45, 7) is 0. The van der Waals surface area contributed by atoms with Gasteiger partial charge in [0.15, 0.2) is 5.13 Å². The molecule has 2 N–H and O–H groups in total. The normalized spacial score (nSPS) is 17.2. The fourth-order valence-corrected chi connectivity index (χ4v) is 3.30. The van der Waals surface area contributed by atoms with Crippen LogP contribution in [0.4, 0.5) is 5.13 Å². The lowest BCUT2D eigenvalue weighted by Crippen LogP contribution is -2.35. The van der Waals surface area contributed by atoms with Crippen LogP contribution < -0.4 is 10.5 Å². The number of aromatic nitrogens is 1. The summed E-state index contributed by atoms with van der Waals surface area (Å²) in [5.41, 5.74) is 8.29. The average molecular weight is 260 g/mol. The molecular weight excluding hydrogens is 244 g/mol. The van der Waals surface area contributed by atoms with Crippen molar-refractivity contribution in [2.45, 2.75) is 24.7 Å². The Morgan fingerprint density at radius 1 is 1.28 bits per heavy atom. The zero-order chi connectivity index (χ0) is 12.6.